The van der Waals surface area contributed by atoms with Crippen molar-refractivity contribution in [2.75, 3.05) is 18.0 Å². The number of aromatic nitrogens is 1. The summed E-state index contributed by atoms with van der Waals surface area (Å²) in [7, 11) is 0. The van der Waals surface area contributed by atoms with Crippen molar-refractivity contribution in [3.8, 4) is 29.4 Å². The molecule has 1 aromatic heterocycles. The van der Waals surface area contributed by atoms with Crippen LogP contribution in [-0.2, 0) is 0 Å². The Morgan fingerprint density at radius 1 is 1.08 bits per heavy atom. The molecule has 24 heavy (non-hydrogen) atoms. The predicted molar refractivity (Wildman–Crippen MR) is 86.9 cm³/mol. The van der Waals surface area contributed by atoms with Crippen molar-refractivity contribution < 1.29 is 17.9 Å². The van der Waals surface area contributed by atoms with Gasteiger partial charge in [-0.1, -0.05) is 5.92 Å². The molecule has 1 saturated heterocycles. The van der Waals surface area contributed by atoms with Crippen molar-refractivity contribution in [2.24, 2.45) is 0 Å². The summed E-state index contributed by atoms with van der Waals surface area (Å²) in [6.45, 7) is 1.90. The maximum atomic E-state index is 12.2. The van der Waals surface area contributed by atoms with E-state index in [0.29, 0.717) is 0 Å². The quantitative estimate of drug-likeness (QED) is 0.834. The highest BCUT2D eigenvalue weighted by Gasteiger charge is 2.31. The molecule has 126 valence electrons. The first-order valence-corrected chi connectivity index (χ1v) is 7.77. The van der Waals surface area contributed by atoms with Gasteiger partial charge in [0.2, 0.25) is 0 Å². The number of rotatable bonds is 3. The Hall–Kier alpha value is -2.55. The van der Waals surface area contributed by atoms with Crippen molar-refractivity contribution in [1.82, 2.24) is 4.98 Å². The lowest BCUT2D eigenvalue weighted by atomic mass is 10.1. The van der Waals surface area contributed by atoms with Crippen molar-refractivity contribution in [1.29, 1.82) is 0 Å². The molecule has 0 atom stereocenters. The van der Waals surface area contributed by atoms with Gasteiger partial charge in [-0.15, -0.1) is 19.6 Å². The molecule has 1 fully saturated rings. The summed E-state index contributed by atoms with van der Waals surface area (Å²) in [5.41, 5.74) is 2.30. The molecule has 2 aromatic rings. The van der Waals surface area contributed by atoms with Crippen LogP contribution in [0.25, 0.3) is 11.3 Å². The van der Waals surface area contributed by atoms with E-state index in [-0.39, 0.29) is 5.75 Å². The Morgan fingerprint density at radius 3 is 2.33 bits per heavy atom. The topological polar surface area (TPSA) is 28.3 Å². The van der Waals surface area contributed by atoms with E-state index in [2.05, 4.69) is 20.5 Å². The van der Waals surface area contributed by atoms with Gasteiger partial charge in [-0.3, -0.25) is 0 Å². The average molecular weight is 334 g/mol. The normalized spacial score (nSPS) is 15.2. The number of piperidine rings is 1. The minimum Gasteiger partial charge on any atom is -0.406 e. The van der Waals surface area contributed by atoms with Gasteiger partial charge in [-0.2, -0.15) is 0 Å². The van der Waals surface area contributed by atoms with Crippen LogP contribution in [-0.4, -0.2) is 24.4 Å². The van der Waals surface area contributed by atoms with Crippen LogP contribution in [0.4, 0.5) is 19.0 Å². The molecule has 0 bridgehead atoms. The number of hydrogen-bond acceptors (Lipinski definition) is 2. The lowest BCUT2D eigenvalue weighted by Crippen LogP contribution is -2.30. The van der Waals surface area contributed by atoms with Gasteiger partial charge in [0.05, 0.1) is 5.56 Å². The summed E-state index contributed by atoms with van der Waals surface area (Å²) in [5, 5.41) is 0. The summed E-state index contributed by atoms with van der Waals surface area (Å²) in [6.07, 6.45) is 4.38. The van der Waals surface area contributed by atoms with E-state index in [1.165, 1.54) is 18.6 Å². The van der Waals surface area contributed by atoms with E-state index in [9.17, 15) is 13.2 Å². The van der Waals surface area contributed by atoms with Crippen LogP contribution in [0.2, 0.25) is 0 Å². The van der Waals surface area contributed by atoms with Crippen LogP contribution in [0, 0.1) is 12.3 Å². The van der Waals surface area contributed by atoms with Gasteiger partial charge in [0.25, 0.3) is 0 Å². The molecule has 2 heterocycles. The zero-order valence-electron chi connectivity index (χ0n) is 13.0. The number of ether oxygens (including phenoxy) is 1. The molecule has 3 nitrogen and oxygen atoms in total. The fourth-order valence-electron chi connectivity index (χ4n) is 2.91. The monoisotopic (exact) mass is 334 g/mol. The van der Waals surface area contributed by atoms with Gasteiger partial charge in [-0.25, -0.2) is 0 Å². The number of hydrogen-bond donors (Lipinski definition) is 1. The van der Waals surface area contributed by atoms with E-state index in [4.69, 9.17) is 6.42 Å². The first kappa shape index (κ1) is 16.3. The highest BCUT2D eigenvalue weighted by molar-refractivity contribution is 5.70. The number of nitrogens with one attached hydrogen (secondary N) is 1. The Kier molecular flexibility index (Phi) is 4.43. The SMILES string of the molecule is C#Cc1cc(-c2ccc(OC(F)(F)F)cc2)[nH]c1N1CCCCC1. The van der Waals surface area contributed by atoms with Gasteiger partial charge in [0, 0.05) is 18.8 Å². The Labute approximate surface area is 138 Å². The van der Waals surface area contributed by atoms with E-state index >= 15 is 0 Å². The second-order valence-corrected chi connectivity index (χ2v) is 5.71. The Morgan fingerprint density at radius 2 is 1.75 bits per heavy atom. The maximum absolute atomic E-state index is 12.2. The van der Waals surface area contributed by atoms with Crippen molar-refractivity contribution in [3.63, 3.8) is 0 Å². The molecule has 1 aliphatic rings. The van der Waals surface area contributed by atoms with E-state index < -0.39 is 6.36 Å². The highest BCUT2D eigenvalue weighted by atomic mass is 19.4. The van der Waals surface area contributed by atoms with Gasteiger partial charge in [0.1, 0.15) is 11.6 Å². The summed E-state index contributed by atoms with van der Waals surface area (Å²) in [6, 6.07) is 7.59. The first-order chi connectivity index (χ1) is 11.5. The molecule has 0 spiro atoms. The van der Waals surface area contributed by atoms with E-state index in [0.717, 1.165) is 48.6 Å². The lowest BCUT2D eigenvalue weighted by Gasteiger charge is -2.27. The Balaban J connectivity index is 1.84. The average Bonchev–Trinajstić information content (AvgIpc) is 2.99. The van der Waals surface area contributed by atoms with Gasteiger partial charge in [0.15, 0.2) is 0 Å². The van der Waals surface area contributed by atoms with Crippen LogP contribution < -0.4 is 9.64 Å². The number of aromatic amines is 1. The zero-order valence-corrected chi connectivity index (χ0v) is 13.0. The second-order valence-electron chi connectivity index (χ2n) is 5.71. The molecule has 1 N–H and O–H groups in total. The minimum atomic E-state index is -4.69. The summed E-state index contributed by atoms with van der Waals surface area (Å²) in [4.78, 5) is 5.53. The number of benzene rings is 1. The van der Waals surface area contributed by atoms with Gasteiger partial charge in [-0.05, 0) is 55.2 Å². The molecule has 3 rings (SSSR count). The number of alkyl halides is 3. The molecule has 0 saturated carbocycles. The number of terminal acetylenes is 1. The van der Waals surface area contributed by atoms with Gasteiger partial charge >= 0.3 is 6.36 Å². The standard InChI is InChI=1S/C18H17F3N2O/c1-2-13-12-16(22-17(13)23-10-4-3-5-11-23)14-6-8-15(9-7-14)24-18(19,20)21/h1,6-9,12,22H,3-5,10-11H2. The summed E-state index contributed by atoms with van der Waals surface area (Å²) < 4.78 is 40.5. The molecule has 0 aliphatic carbocycles. The largest absolute Gasteiger partial charge is 0.573 e. The first-order valence-electron chi connectivity index (χ1n) is 7.77. The number of anilines is 1. The third kappa shape index (κ3) is 3.67. The molecule has 0 amide bonds. The fourth-order valence-corrected chi connectivity index (χ4v) is 2.91. The molecule has 0 unspecified atom stereocenters. The Bertz CT molecular complexity index is 735. The molecule has 6 heteroatoms. The summed E-state index contributed by atoms with van der Waals surface area (Å²) >= 11 is 0. The number of H-pyrrole nitrogens is 1. The molecule has 0 radical (unpaired) electrons. The van der Waals surface area contributed by atoms with Crippen LogP contribution in [0.15, 0.2) is 30.3 Å². The van der Waals surface area contributed by atoms with Crippen molar-refractivity contribution in [2.45, 2.75) is 25.6 Å². The third-order valence-corrected chi connectivity index (χ3v) is 4.02. The van der Waals surface area contributed by atoms with E-state index in [1.54, 1.807) is 12.1 Å². The van der Waals surface area contributed by atoms with Crippen molar-refractivity contribution >= 4 is 5.82 Å². The fraction of sp³-hybridized carbons (Fsp3) is 0.333. The second kappa shape index (κ2) is 6.52. The molecule has 1 aromatic carbocycles. The smallest absolute Gasteiger partial charge is 0.406 e. The molecular weight excluding hydrogens is 317 g/mol. The maximum Gasteiger partial charge on any atom is 0.573 e. The molecule has 1 aliphatic heterocycles. The zero-order chi connectivity index (χ0) is 17.2. The minimum absolute atomic E-state index is 0.244. The van der Waals surface area contributed by atoms with Crippen molar-refractivity contribution in [3.05, 3.63) is 35.9 Å². The highest BCUT2D eigenvalue weighted by Crippen LogP contribution is 2.31. The van der Waals surface area contributed by atoms with Crippen LogP contribution in [0.1, 0.15) is 24.8 Å². The predicted octanol–water partition coefficient (Wildman–Crippen LogP) is 4.55. The van der Waals surface area contributed by atoms with Crippen LogP contribution in [0.5, 0.6) is 5.75 Å². The van der Waals surface area contributed by atoms with Gasteiger partial charge < -0.3 is 14.6 Å². The van der Waals surface area contributed by atoms with Crippen LogP contribution >= 0.6 is 0 Å². The number of nitrogens with zero attached hydrogens (tertiary/aromatic N) is 1. The molecular formula is C18H17F3N2O. The van der Waals surface area contributed by atoms with E-state index in [1.807, 2.05) is 6.07 Å². The number of halogens is 3. The third-order valence-electron chi connectivity index (χ3n) is 4.02. The summed E-state index contributed by atoms with van der Waals surface area (Å²) in [5.74, 6) is 3.34. The lowest BCUT2D eigenvalue weighted by molar-refractivity contribution is -0.274. The van der Waals surface area contributed by atoms with Crippen LogP contribution in [0.3, 0.4) is 0 Å².